The minimum atomic E-state index is -0.885. The molecule has 0 spiro atoms. The zero-order valence-corrected chi connectivity index (χ0v) is 8.10. The van der Waals surface area contributed by atoms with Crippen LogP contribution in [0.5, 0.6) is 11.5 Å². The van der Waals surface area contributed by atoms with E-state index in [0.29, 0.717) is 0 Å². The monoisotopic (exact) mass is 226 g/mol. The molecule has 0 unspecified atom stereocenters. The van der Waals surface area contributed by atoms with Crippen molar-refractivity contribution in [2.75, 3.05) is 0 Å². The van der Waals surface area contributed by atoms with E-state index in [1.165, 1.54) is 12.1 Å². The van der Waals surface area contributed by atoms with Crippen molar-refractivity contribution in [1.29, 1.82) is 0 Å². The van der Waals surface area contributed by atoms with E-state index < -0.39 is 12.2 Å². The number of nitrogens with one attached hydrogen (secondary N) is 2. The molecule has 0 aliphatic carbocycles. The average molecular weight is 226 g/mol. The van der Waals surface area contributed by atoms with Crippen LogP contribution in [0.3, 0.4) is 0 Å². The fourth-order valence-corrected chi connectivity index (χ4v) is 0.877. The normalized spacial score (nSPS) is 9.12. The number of hydrogen-bond acceptors (Lipinski definition) is 6. The summed E-state index contributed by atoms with van der Waals surface area (Å²) in [5.41, 5.74) is 3.53. The van der Waals surface area contributed by atoms with Crippen molar-refractivity contribution in [1.82, 2.24) is 10.9 Å². The van der Waals surface area contributed by atoms with Crippen molar-refractivity contribution < 1.29 is 19.1 Å². The highest BCUT2D eigenvalue weighted by molar-refractivity contribution is 5.73. The zero-order valence-electron chi connectivity index (χ0n) is 8.10. The van der Waals surface area contributed by atoms with Crippen LogP contribution < -0.4 is 32.0 Å². The maximum Gasteiger partial charge on any atom is 0.427 e. The van der Waals surface area contributed by atoms with Gasteiger partial charge in [0.2, 0.25) is 0 Å². The molecule has 0 aliphatic rings. The van der Waals surface area contributed by atoms with Crippen LogP contribution >= 0.6 is 0 Å². The summed E-state index contributed by atoms with van der Waals surface area (Å²) in [6.07, 6.45) is -1.77. The summed E-state index contributed by atoms with van der Waals surface area (Å²) in [5.74, 6) is 9.74. The predicted molar refractivity (Wildman–Crippen MR) is 53.1 cm³/mol. The molecule has 8 heteroatoms. The van der Waals surface area contributed by atoms with Crippen molar-refractivity contribution in [2.24, 2.45) is 11.7 Å². The van der Waals surface area contributed by atoms with Crippen LogP contribution in [0.15, 0.2) is 24.3 Å². The quantitative estimate of drug-likeness (QED) is 0.309. The first kappa shape index (κ1) is 11.8. The zero-order chi connectivity index (χ0) is 12.0. The van der Waals surface area contributed by atoms with E-state index in [1.807, 2.05) is 0 Å². The van der Waals surface area contributed by atoms with E-state index in [0.717, 1.165) is 0 Å². The standard InChI is InChI=1S/C8H10N4O4/c9-11-7(13)15-5-3-1-2-4-6(5)16-8(14)12-10/h1-4H,9-10H2,(H,11,13)(H,12,14). The Balaban J connectivity index is 2.83. The molecule has 0 aromatic heterocycles. The summed E-state index contributed by atoms with van der Waals surface area (Å²) >= 11 is 0. The third-order valence-corrected chi connectivity index (χ3v) is 1.49. The number of rotatable bonds is 2. The first-order valence-corrected chi connectivity index (χ1v) is 4.13. The summed E-state index contributed by atoms with van der Waals surface area (Å²) in [4.78, 5) is 21.7. The van der Waals surface area contributed by atoms with Crippen LogP contribution in [0, 0.1) is 0 Å². The van der Waals surface area contributed by atoms with Gasteiger partial charge in [-0.2, -0.15) is 0 Å². The largest absolute Gasteiger partial charge is 0.427 e. The smallest absolute Gasteiger partial charge is 0.405 e. The van der Waals surface area contributed by atoms with Gasteiger partial charge in [-0.05, 0) is 12.1 Å². The van der Waals surface area contributed by atoms with Crippen LogP contribution in [0.25, 0.3) is 0 Å². The molecule has 0 radical (unpaired) electrons. The third-order valence-electron chi connectivity index (χ3n) is 1.49. The summed E-state index contributed by atoms with van der Waals surface area (Å²) in [5, 5.41) is 0. The van der Waals surface area contributed by atoms with Gasteiger partial charge in [-0.1, -0.05) is 12.1 Å². The van der Waals surface area contributed by atoms with Crippen LogP contribution in [0.2, 0.25) is 0 Å². The lowest BCUT2D eigenvalue weighted by Crippen LogP contribution is -2.34. The number of hydrazine groups is 2. The Morgan fingerprint density at radius 1 is 0.938 bits per heavy atom. The molecular formula is C8H10N4O4. The van der Waals surface area contributed by atoms with Crippen LogP contribution in [0.1, 0.15) is 0 Å². The van der Waals surface area contributed by atoms with Gasteiger partial charge in [0.25, 0.3) is 0 Å². The number of carbonyl (C=O) groups excluding carboxylic acids is 2. The Hall–Kier alpha value is -2.32. The van der Waals surface area contributed by atoms with Gasteiger partial charge in [0.05, 0.1) is 0 Å². The van der Waals surface area contributed by atoms with E-state index in [-0.39, 0.29) is 11.5 Å². The maximum absolute atomic E-state index is 10.8. The van der Waals surface area contributed by atoms with Crippen LogP contribution in [0.4, 0.5) is 9.59 Å². The predicted octanol–water partition coefficient (Wildman–Crippen LogP) is -0.389. The van der Waals surface area contributed by atoms with Gasteiger partial charge >= 0.3 is 12.2 Å². The molecule has 0 bridgehead atoms. The minimum absolute atomic E-state index is 0.0362. The molecule has 16 heavy (non-hydrogen) atoms. The molecular weight excluding hydrogens is 216 g/mol. The fourth-order valence-electron chi connectivity index (χ4n) is 0.877. The summed E-state index contributed by atoms with van der Waals surface area (Å²) in [6, 6.07) is 6.03. The third kappa shape index (κ3) is 3.12. The second kappa shape index (κ2) is 5.53. The van der Waals surface area contributed by atoms with Gasteiger partial charge in [0, 0.05) is 0 Å². The topological polar surface area (TPSA) is 129 Å². The molecule has 2 amide bonds. The molecule has 0 saturated heterocycles. The van der Waals surface area contributed by atoms with Crippen molar-refractivity contribution in [3.63, 3.8) is 0 Å². The molecule has 0 aliphatic heterocycles. The lowest BCUT2D eigenvalue weighted by Gasteiger charge is -2.08. The number of nitrogens with two attached hydrogens (primary N) is 2. The molecule has 8 nitrogen and oxygen atoms in total. The maximum atomic E-state index is 10.8. The number of hydrogen-bond donors (Lipinski definition) is 4. The molecule has 0 saturated carbocycles. The Morgan fingerprint density at radius 2 is 1.31 bits per heavy atom. The molecule has 1 aromatic carbocycles. The highest BCUT2D eigenvalue weighted by Crippen LogP contribution is 2.26. The first-order valence-electron chi connectivity index (χ1n) is 4.13. The SMILES string of the molecule is NNC(=O)Oc1ccccc1OC(=O)NN. The first-order chi connectivity index (χ1) is 7.67. The summed E-state index contributed by atoms with van der Waals surface area (Å²) in [6.45, 7) is 0. The van der Waals surface area contributed by atoms with E-state index in [4.69, 9.17) is 21.2 Å². The molecule has 0 fully saturated rings. The van der Waals surface area contributed by atoms with E-state index >= 15 is 0 Å². The molecule has 6 N–H and O–H groups in total. The number of para-hydroxylation sites is 2. The highest BCUT2D eigenvalue weighted by atomic mass is 16.6. The fraction of sp³-hybridized carbons (Fsp3) is 0. The minimum Gasteiger partial charge on any atom is -0.405 e. The Kier molecular flexibility index (Phi) is 4.07. The van der Waals surface area contributed by atoms with Gasteiger partial charge in [-0.25, -0.2) is 21.3 Å². The second-order valence-electron chi connectivity index (χ2n) is 2.51. The van der Waals surface area contributed by atoms with Crippen molar-refractivity contribution in [3.8, 4) is 11.5 Å². The van der Waals surface area contributed by atoms with Gasteiger partial charge in [-0.15, -0.1) is 0 Å². The number of benzene rings is 1. The Bertz CT molecular complexity index is 358. The van der Waals surface area contributed by atoms with Crippen molar-refractivity contribution in [3.05, 3.63) is 24.3 Å². The number of amides is 2. The van der Waals surface area contributed by atoms with Crippen molar-refractivity contribution in [2.45, 2.75) is 0 Å². The number of ether oxygens (including phenoxy) is 2. The van der Waals surface area contributed by atoms with Gasteiger partial charge in [0.15, 0.2) is 11.5 Å². The van der Waals surface area contributed by atoms with E-state index in [9.17, 15) is 9.59 Å². The van der Waals surface area contributed by atoms with Gasteiger partial charge in [0.1, 0.15) is 0 Å². The van der Waals surface area contributed by atoms with Gasteiger partial charge < -0.3 is 9.47 Å². The second-order valence-corrected chi connectivity index (χ2v) is 2.51. The Morgan fingerprint density at radius 3 is 1.62 bits per heavy atom. The highest BCUT2D eigenvalue weighted by Gasteiger charge is 2.11. The average Bonchev–Trinajstić information content (AvgIpc) is 2.31. The van der Waals surface area contributed by atoms with Crippen LogP contribution in [-0.2, 0) is 0 Å². The number of carbonyl (C=O) groups is 2. The summed E-state index contributed by atoms with van der Waals surface area (Å²) in [7, 11) is 0. The molecule has 1 rings (SSSR count). The van der Waals surface area contributed by atoms with E-state index in [2.05, 4.69) is 0 Å². The molecule has 1 aromatic rings. The van der Waals surface area contributed by atoms with Crippen molar-refractivity contribution >= 4 is 12.2 Å². The lowest BCUT2D eigenvalue weighted by molar-refractivity contribution is 0.190. The lowest BCUT2D eigenvalue weighted by atomic mass is 10.3. The summed E-state index contributed by atoms with van der Waals surface area (Å²) < 4.78 is 9.44. The van der Waals surface area contributed by atoms with Crippen LogP contribution in [-0.4, -0.2) is 12.2 Å². The van der Waals surface area contributed by atoms with Gasteiger partial charge in [-0.3, -0.25) is 10.9 Å². The van der Waals surface area contributed by atoms with E-state index in [1.54, 1.807) is 23.0 Å². The molecule has 0 atom stereocenters. The molecule has 0 heterocycles. The Labute approximate surface area is 90.4 Å². The molecule has 86 valence electrons.